The van der Waals surface area contributed by atoms with Gasteiger partial charge in [-0.2, -0.15) is 0 Å². The van der Waals surface area contributed by atoms with Crippen LogP contribution < -0.4 is 10.6 Å². The Balaban J connectivity index is 1.05. The molecule has 25 N–H and O–H groups in total. The van der Waals surface area contributed by atoms with Crippen LogP contribution in [0.4, 0.5) is 0 Å². The van der Waals surface area contributed by atoms with Gasteiger partial charge in [0.2, 0.25) is 11.8 Å². The number of nitrogens with one attached hydrogen (secondary N) is 2. The maximum atomic E-state index is 12.9. The molecule has 546 valence electrons. The lowest BCUT2D eigenvalue weighted by Gasteiger charge is -2.50. The standard InChI is InChI=1S/C52H88N2O40/c1-11-23(60)31(68)36(73)47(84-11)83-10-20-43(29(66)21(45(79)85-20)53-12(2)58)92-46-22(54-13(3)59)30(67)42(16(6-57)88-46)93-52-41(78)44(94-51-40(77)35(72)27(64)18(90-51)8-81-49-38(75)33(70)25(62)15(5-56)87-49)28(65)19(91-52)9-82-50-39(76)34(71)26(63)17(89-50)7-80-48-37(74)32(69)24(61)14(4-55)86-48/h11,14-52,55-57,60-79H,4-10H2,1-3H3,(H,53,58)(H,54,59)/t11-,14+,15+,16+,17+,18+,19+,20+,21+,22-,23+,24+,25+,26+,27+,28+,29+,30+,31+,32-,33-,34-,35-,36-,37-,38-,39-,40-,41-,42+,43+,44-,45-,46-,47-,48+,49+,50+,51-,52-/m0/s1. The van der Waals surface area contributed by atoms with Crippen LogP contribution in [0.15, 0.2) is 0 Å². The predicted octanol–water partition coefficient (Wildman–Crippen LogP) is -17.1. The van der Waals surface area contributed by atoms with Gasteiger partial charge in [-0.15, -0.1) is 0 Å². The summed E-state index contributed by atoms with van der Waals surface area (Å²) in [5, 5.41) is 254. The number of rotatable bonds is 23. The second kappa shape index (κ2) is 33.3. The first-order valence-electron chi connectivity index (χ1n) is 30.0. The van der Waals surface area contributed by atoms with Gasteiger partial charge in [0.25, 0.3) is 0 Å². The van der Waals surface area contributed by atoms with E-state index in [0.717, 1.165) is 13.8 Å². The first kappa shape index (κ1) is 77.2. The number of aliphatic hydroxyl groups excluding tert-OH is 23. The highest BCUT2D eigenvalue weighted by Crippen LogP contribution is 2.37. The van der Waals surface area contributed by atoms with Gasteiger partial charge in [0.1, 0.15) is 189 Å². The van der Waals surface area contributed by atoms with Crippen LogP contribution in [0.5, 0.6) is 0 Å². The highest BCUT2D eigenvalue weighted by molar-refractivity contribution is 5.73. The summed E-state index contributed by atoms with van der Waals surface area (Å²) in [6.07, 6.45) is -73.7. The van der Waals surface area contributed by atoms with E-state index in [0.29, 0.717) is 0 Å². The summed E-state index contributed by atoms with van der Waals surface area (Å²) < 4.78 is 85.9. The molecule has 8 heterocycles. The molecule has 8 saturated heterocycles. The zero-order valence-electron chi connectivity index (χ0n) is 50.3. The molecule has 40 atom stereocenters. The second-order valence-electron chi connectivity index (χ2n) is 24.0. The van der Waals surface area contributed by atoms with E-state index < -0.39 is 304 Å². The number of aliphatic hydroxyl groups is 23. The van der Waals surface area contributed by atoms with Gasteiger partial charge in [0.05, 0.1) is 52.4 Å². The molecule has 42 nitrogen and oxygen atoms in total. The van der Waals surface area contributed by atoms with Crippen LogP contribution >= 0.6 is 0 Å². The Labute approximate surface area is 532 Å². The lowest BCUT2D eigenvalue weighted by molar-refractivity contribution is -0.386. The zero-order chi connectivity index (χ0) is 69.2. The fourth-order valence-corrected chi connectivity index (χ4v) is 11.8. The van der Waals surface area contributed by atoms with E-state index >= 15 is 0 Å². The van der Waals surface area contributed by atoms with E-state index in [4.69, 9.17) is 71.1 Å². The molecular weight excluding hydrogens is 1290 g/mol. The third kappa shape index (κ3) is 16.9. The Morgan fingerprint density at radius 1 is 0.298 bits per heavy atom. The van der Waals surface area contributed by atoms with E-state index in [2.05, 4.69) is 10.6 Å². The summed E-state index contributed by atoms with van der Waals surface area (Å²) >= 11 is 0. The Bertz CT molecular complexity index is 2370. The van der Waals surface area contributed by atoms with Crippen LogP contribution in [0.1, 0.15) is 20.8 Å². The van der Waals surface area contributed by atoms with Crippen molar-refractivity contribution in [3.8, 4) is 0 Å². The molecule has 8 rings (SSSR count). The third-order valence-corrected chi connectivity index (χ3v) is 17.3. The van der Waals surface area contributed by atoms with Crippen LogP contribution in [0.2, 0.25) is 0 Å². The van der Waals surface area contributed by atoms with Gasteiger partial charge < -0.3 is 199 Å². The summed E-state index contributed by atoms with van der Waals surface area (Å²) in [6, 6.07) is -3.58. The molecule has 0 unspecified atom stereocenters. The Morgan fingerprint density at radius 3 is 1.05 bits per heavy atom. The third-order valence-electron chi connectivity index (χ3n) is 17.3. The lowest BCUT2D eigenvalue weighted by Crippen LogP contribution is -2.70. The van der Waals surface area contributed by atoms with Crippen LogP contribution in [-0.4, -0.2) is 421 Å². The summed E-state index contributed by atoms with van der Waals surface area (Å²) in [5.41, 5.74) is 0. The number of hydrogen-bond donors (Lipinski definition) is 25. The molecule has 0 aromatic rings. The second-order valence-corrected chi connectivity index (χ2v) is 24.0. The molecule has 8 fully saturated rings. The average molecular weight is 1380 g/mol. The Kier molecular flexibility index (Phi) is 27.3. The van der Waals surface area contributed by atoms with Crippen molar-refractivity contribution in [2.75, 3.05) is 46.2 Å². The highest BCUT2D eigenvalue weighted by atomic mass is 16.8. The number of carbonyl (C=O) groups excluding carboxylic acids is 2. The van der Waals surface area contributed by atoms with E-state index in [9.17, 15) is 127 Å². The van der Waals surface area contributed by atoms with E-state index in [1.807, 2.05) is 0 Å². The molecule has 0 bridgehead atoms. The molecule has 8 aliphatic rings. The number of ether oxygens (including phenoxy) is 15. The summed E-state index contributed by atoms with van der Waals surface area (Å²) in [7, 11) is 0. The molecule has 2 amide bonds. The fraction of sp³-hybridized carbons (Fsp3) is 0.962. The molecule has 0 saturated carbocycles. The summed E-state index contributed by atoms with van der Waals surface area (Å²) in [5.74, 6) is -1.71. The quantitative estimate of drug-likeness (QED) is 0.0452. The van der Waals surface area contributed by atoms with Crippen molar-refractivity contribution < 1.29 is 198 Å². The van der Waals surface area contributed by atoms with E-state index in [1.165, 1.54) is 6.92 Å². The normalized spacial score (nSPS) is 51.2. The van der Waals surface area contributed by atoms with Crippen molar-refractivity contribution in [3.63, 3.8) is 0 Å². The minimum atomic E-state index is -2.42. The average Bonchev–Trinajstić information content (AvgIpc) is 0.773. The molecule has 0 aromatic carbocycles. The molecule has 0 radical (unpaired) electrons. The lowest BCUT2D eigenvalue weighted by atomic mass is 9.94. The van der Waals surface area contributed by atoms with Gasteiger partial charge in [-0.25, -0.2) is 0 Å². The highest BCUT2D eigenvalue weighted by Gasteiger charge is 2.58. The molecular formula is C52H88N2O40. The summed E-state index contributed by atoms with van der Waals surface area (Å²) in [4.78, 5) is 25.2. The smallest absolute Gasteiger partial charge is 0.217 e. The van der Waals surface area contributed by atoms with Crippen LogP contribution in [0.25, 0.3) is 0 Å². The van der Waals surface area contributed by atoms with Gasteiger partial charge in [0, 0.05) is 13.8 Å². The minimum Gasteiger partial charge on any atom is -0.394 e. The maximum absolute atomic E-state index is 12.9. The zero-order valence-corrected chi connectivity index (χ0v) is 50.3. The number of carbonyl (C=O) groups is 2. The minimum absolute atomic E-state index is 0.789. The first-order chi connectivity index (χ1) is 44.3. The van der Waals surface area contributed by atoms with Gasteiger partial charge in [-0.3, -0.25) is 9.59 Å². The van der Waals surface area contributed by atoms with Gasteiger partial charge >= 0.3 is 0 Å². The monoisotopic (exact) mass is 1380 g/mol. The van der Waals surface area contributed by atoms with Crippen molar-refractivity contribution in [1.29, 1.82) is 0 Å². The maximum Gasteiger partial charge on any atom is 0.217 e. The summed E-state index contributed by atoms with van der Waals surface area (Å²) in [6.45, 7) is -3.14. The van der Waals surface area contributed by atoms with Crippen molar-refractivity contribution in [2.45, 2.75) is 266 Å². The molecule has 8 aliphatic heterocycles. The van der Waals surface area contributed by atoms with Gasteiger partial charge in [-0.1, -0.05) is 0 Å². The Morgan fingerprint density at radius 2 is 0.606 bits per heavy atom. The van der Waals surface area contributed by atoms with Crippen molar-refractivity contribution in [3.05, 3.63) is 0 Å². The van der Waals surface area contributed by atoms with E-state index in [1.54, 1.807) is 0 Å². The molecule has 0 spiro atoms. The van der Waals surface area contributed by atoms with Crippen molar-refractivity contribution in [2.24, 2.45) is 0 Å². The van der Waals surface area contributed by atoms with E-state index in [-0.39, 0.29) is 0 Å². The van der Waals surface area contributed by atoms with Gasteiger partial charge in [-0.05, 0) is 6.92 Å². The Hall–Kier alpha value is -2.58. The van der Waals surface area contributed by atoms with Crippen LogP contribution in [0, 0.1) is 0 Å². The molecule has 0 aliphatic carbocycles. The van der Waals surface area contributed by atoms with Crippen molar-refractivity contribution in [1.82, 2.24) is 10.6 Å². The predicted molar refractivity (Wildman–Crippen MR) is 286 cm³/mol. The van der Waals surface area contributed by atoms with Gasteiger partial charge in [0.15, 0.2) is 50.3 Å². The topological polar surface area (TPSA) is 662 Å². The van der Waals surface area contributed by atoms with Crippen molar-refractivity contribution >= 4 is 11.8 Å². The SMILES string of the molecule is CC(=O)N[C@@H]1[C@H](O[C@H]2[C@H](O)[C@@H](NC(C)=O)[C@@H](O)O[C@@H]2CO[C@H]2O[C@@H](C)[C@@H](O)[C@@H](O)[C@@H]2O)O[C@H](CO)[C@@H](O[C@@H]2O[C@H](CO[C@@H]3O[C@H](CO[C@@H]4O[C@H](CO)[C@@H](O)[C@H](O)[C@@H]4O)[C@@H](O)[C@H](O)[C@@H]3O)[C@@H](O)[C@H](O[C@@H]3O[C@H](CO[C@@H]4O[C@H](CO)[C@@H](O)[C@H](O)[C@@H]4O)[C@@H](O)[C@H](O)[C@@H]3O)[C@@H]2O)[C@@H]1O. The largest absolute Gasteiger partial charge is 0.394 e. The number of amides is 2. The number of hydrogen-bond acceptors (Lipinski definition) is 40. The molecule has 94 heavy (non-hydrogen) atoms. The molecule has 0 aromatic heterocycles. The van der Waals surface area contributed by atoms with Crippen LogP contribution in [-0.2, 0) is 80.6 Å². The first-order valence-corrected chi connectivity index (χ1v) is 30.0. The molecule has 42 heteroatoms. The fourth-order valence-electron chi connectivity index (χ4n) is 11.8. The van der Waals surface area contributed by atoms with Crippen LogP contribution in [0.3, 0.4) is 0 Å².